The third-order valence-corrected chi connectivity index (χ3v) is 3.66. The Hall–Kier alpha value is -1.05. The largest absolute Gasteiger partial charge is 0 e. The monoisotopic (exact) mass is 557 g/mol. The molecule has 1 aromatic heterocycles. The van der Waals surface area contributed by atoms with Gasteiger partial charge >= 0.3 is 52.5 Å². The van der Waals surface area contributed by atoms with E-state index in [1.165, 1.54) is 6.54 Å². The minimum atomic E-state index is 0. The summed E-state index contributed by atoms with van der Waals surface area (Å²) in [7, 11) is 0. The molecule has 0 aliphatic carbocycles. The summed E-state index contributed by atoms with van der Waals surface area (Å²) in [6, 6.07) is 6.09. The number of hydrogen-bond donors (Lipinski definition) is 2. The molecular weight excluding hydrogens is 528 g/mol. The van der Waals surface area contributed by atoms with Crippen molar-refractivity contribution in [3.63, 3.8) is 0 Å². The van der Waals surface area contributed by atoms with Crippen LogP contribution in [0.4, 0.5) is 0 Å². The SMILES string of the molecule is CC1=NCCC[NH2+]CC[NH2+]CCN=C(C)c2cccc1n2.N#C[Se-].N#C[Se-].[Fe]. The number of fused-ring (bicyclic) bond motifs is 2. The first-order valence-corrected chi connectivity index (χ1v) is 10.5. The number of nitrogens with zero attached hydrogens (tertiary/aromatic N) is 5. The Labute approximate surface area is 195 Å². The van der Waals surface area contributed by atoms with Crippen molar-refractivity contribution in [2.45, 2.75) is 20.3 Å². The fourth-order valence-electron chi connectivity index (χ4n) is 2.33. The van der Waals surface area contributed by atoms with E-state index in [2.05, 4.69) is 57.6 Å². The maximum absolute atomic E-state index is 7.26. The number of aliphatic imine (C=N–C) groups is 2. The van der Waals surface area contributed by atoms with Crippen LogP contribution in [0.3, 0.4) is 0 Å². The van der Waals surface area contributed by atoms with E-state index in [9.17, 15) is 0 Å². The molecule has 7 nitrogen and oxygen atoms in total. The van der Waals surface area contributed by atoms with E-state index in [0.29, 0.717) is 0 Å². The van der Waals surface area contributed by atoms with Gasteiger partial charge in [0.1, 0.15) is 13.1 Å². The molecule has 0 atom stereocenters. The van der Waals surface area contributed by atoms with Gasteiger partial charge in [0.15, 0.2) is 0 Å². The van der Waals surface area contributed by atoms with E-state index >= 15 is 0 Å². The molecule has 0 aromatic carbocycles. The zero-order valence-electron chi connectivity index (χ0n) is 16.2. The molecule has 10 heteroatoms. The Balaban J connectivity index is 0. The number of nitrogens with two attached hydrogens (primary N) is 2. The molecule has 1 aliphatic rings. The Morgan fingerprint density at radius 2 is 1.32 bits per heavy atom. The molecule has 1 aromatic rings. The van der Waals surface area contributed by atoms with Gasteiger partial charge in [0.2, 0.25) is 0 Å². The van der Waals surface area contributed by atoms with E-state index in [1.807, 2.05) is 32.0 Å². The smallest absolute Gasteiger partial charge is 0 e. The second-order valence-electron chi connectivity index (χ2n) is 5.61. The van der Waals surface area contributed by atoms with Crippen LogP contribution < -0.4 is 10.6 Å². The molecule has 0 spiro atoms. The summed E-state index contributed by atoms with van der Waals surface area (Å²) in [5.74, 6) is 0. The van der Waals surface area contributed by atoms with Gasteiger partial charge in [-0.2, -0.15) is 0 Å². The molecule has 0 fully saturated rings. The van der Waals surface area contributed by atoms with Crippen molar-refractivity contribution in [1.82, 2.24) is 4.98 Å². The minimum Gasteiger partial charge on any atom is 0 e. The van der Waals surface area contributed by atoms with Crippen LogP contribution in [0, 0.1) is 20.5 Å². The average Bonchev–Trinajstić information content (AvgIpc) is 2.66. The Morgan fingerprint density at radius 1 is 0.857 bits per heavy atom. The summed E-state index contributed by atoms with van der Waals surface area (Å²) in [6.45, 7) is 10.3. The summed E-state index contributed by atoms with van der Waals surface area (Å²) in [6.07, 6.45) is 1.12. The molecule has 0 saturated heterocycles. The van der Waals surface area contributed by atoms with Gasteiger partial charge < -0.3 is 10.6 Å². The van der Waals surface area contributed by atoms with Crippen molar-refractivity contribution in [2.75, 3.05) is 39.3 Å². The van der Waals surface area contributed by atoms with E-state index in [0.717, 1.165) is 62.0 Å². The molecule has 0 unspecified atom stereocenters. The van der Waals surface area contributed by atoms with Gasteiger partial charge in [-0.05, 0) is 26.0 Å². The Kier molecular flexibility index (Phi) is 21.5. The fraction of sp³-hybridized carbons (Fsp3) is 0.500. The third-order valence-electron chi connectivity index (χ3n) is 3.66. The number of quaternary nitrogens is 2. The van der Waals surface area contributed by atoms with Crippen LogP contribution in [0.25, 0.3) is 0 Å². The van der Waals surface area contributed by atoms with Crippen molar-refractivity contribution in [3.05, 3.63) is 29.6 Å². The normalized spacial score (nSPS) is 14.6. The Bertz CT molecular complexity index is 628. The maximum Gasteiger partial charge on any atom is 0 e. The van der Waals surface area contributed by atoms with Crippen LogP contribution in [0.1, 0.15) is 31.7 Å². The van der Waals surface area contributed by atoms with Crippen molar-refractivity contribution < 1.29 is 27.7 Å². The van der Waals surface area contributed by atoms with Crippen molar-refractivity contribution in [1.29, 1.82) is 10.5 Å². The summed E-state index contributed by atoms with van der Waals surface area (Å²) in [5, 5.41) is 19.2. The summed E-state index contributed by atoms with van der Waals surface area (Å²) < 4.78 is 0. The second-order valence-corrected chi connectivity index (χ2v) is 6.38. The number of aromatic nitrogens is 1. The summed E-state index contributed by atoms with van der Waals surface area (Å²) in [5.41, 5.74) is 3.95. The molecular formula is C18H27FeN7Se2. The van der Waals surface area contributed by atoms with Crippen LogP contribution in [-0.4, -0.2) is 87.7 Å². The molecule has 154 valence electrons. The number of hydrogen-bond acceptors (Lipinski definition) is 5. The predicted octanol–water partition coefficient (Wildman–Crippen LogP) is -1.50. The van der Waals surface area contributed by atoms with Crippen molar-refractivity contribution in [3.8, 4) is 9.94 Å². The summed E-state index contributed by atoms with van der Waals surface area (Å²) >= 11 is 4.22. The quantitative estimate of drug-likeness (QED) is 0.380. The predicted molar refractivity (Wildman–Crippen MR) is 109 cm³/mol. The summed E-state index contributed by atoms with van der Waals surface area (Å²) in [4.78, 5) is 17.2. The van der Waals surface area contributed by atoms with Gasteiger partial charge in [-0.25, -0.2) is 4.98 Å². The maximum atomic E-state index is 7.26. The van der Waals surface area contributed by atoms with Gasteiger partial charge in [-0.3, -0.25) is 9.98 Å². The number of rotatable bonds is 0. The molecule has 2 heterocycles. The van der Waals surface area contributed by atoms with Crippen LogP contribution in [0.2, 0.25) is 0 Å². The van der Waals surface area contributed by atoms with Crippen molar-refractivity contribution in [2.24, 2.45) is 9.98 Å². The fourth-order valence-corrected chi connectivity index (χ4v) is 2.33. The zero-order chi connectivity index (χ0) is 20.3. The van der Waals surface area contributed by atoms with Gasteiger partial charge in [-0.15, -0.1) is 0 Å². The molecule has 0 saturated carbocycles. The zero-order valence-corrected chi connectivity index (χ0v) is 20.8. The van der Waals surface area contributed by atoms with Crippen LogP contribution in [-0.2, 0) is 17.1 Å². The molecule has 0 amide bonds. The Morgan fingerprint density at radius 3 is 1.86 bits per heavy atom. The van der Waals surface area contributed by atoms with Crippen LogP contribution in [0.15, 0.2) is 28.2 Å². The first-order valence-electron chi connectivity index (χ1n) is 8.76. The molecule has 28 heavy (non-hydrogen) atoms. The standard InChI is InChI=1S/C16H25N5.2CHNSe.Fe/c1-13-15-5-3-6-16(21-15)14(2)20-12-11-18-10-9-17-7-4-8-19-13;2*2-1-3;/h3,5-6,17-18H,4,7-12H2,1-2H3;2*3H;. The molecule has 2 rings (SSSR count). The van der Waals surface area contributed by atoms with Gasteiger partial charge in [0.25, 0.3) is 0 Å². The van der Waals surface area contributed by atoms with E-state index < -0.39 is 0 Å². The average molecular weight is 555 g/mol. The molecule has 2 bridgehead atoms. The minimum absolute atomic E-state index is 0. The first kappa shape index (κ1) is 29.2. The van der Waals surface area contributed by atoms with E-state index in [1.54, 1.807) is 9.94 Å². The van der Waals surface area contributed by atoms with Gasteiger partial charge in [0, 0.05) is 30.0 Å². The van der Waals surface area contributed by atoms with E-state index in [4.69, 9.17) is 10.5 Å². The molecule has 1 aliphatic heterocycles. The van der Waals surface area contributed by atoms with E-state index in [-0.39, 0.29) is 17.1 Å². The number of nitriles is 2. The number of pyridine rings is 1. The van der Waals surface area contributed by atoms with Crippen LogP contribution >= 0.6 is 0 Å². The molecule has 0 radical (unpaired) electrons. The van der Waals surface area contributed by atoms with Gasteiger partial charge in [-0.1, -0.05) is 6.07 Å². The van der Waals surface area contributed by atoms with Crippen LogP contribution in [0.5, 0.6) is 0 Å². The second kappa shape index (κ2) is 20.7. The molecule has 4 N–H and O–H groups in total. The third kappa shape index (κ3) is 14.9. The van der Waals surface area contributed by atoms with Gasteiger partial charge in [0.05, 0.1) is 42.4 Å². The van der Waals surface area contributed by atoms with Crippen molar-refractivity contribution >= 4 is 43.4 Å². The first-order chi connectivity index (χ1) is 13.1. The topological polar surface area (TPSA) is 118 Å².